The van der Waals surface area contributed by atoms with Crippen molar-refractivity contribution in [1.29, 1.82) is 0 Å². The molecule has 0 spiro atoms. The minimum absolute atomic E-state index is 0. The standard InChI is InChI=1S/C8H13N3O.ClH/c1-6(2)12-8-10-4-3-7(5-9)11-8;/h3-4,6H,5,9H2,1-2H3;1H. The topological polar surface area (TPSA) is 61.0 Å². The first-order chi connectivity index (χ1) is 5.72. The molecule has 1 aromatic rings. The monoisotopic (exact) mass is 203 g/mol. The van der Waals surface area contributed by atoms with Gasteiger partial charge in [-0.2, -0.15) is 4.98 Å². The lowest BCUT2D eigenvalue weighted by atomic mass is 10.4. The van der Waals surface area contributed by atoms with Gasteiger partial charge in [-0.05, 0) is 19.9 Å². The molecule has 0 aliphatic rings. The van der Waals surface area contributed by atoms with Crippen LogP contribution in [0.15, 0.2) is 12.3 Å². The van der Waals surface area contributed by atoms with E-state index in [0.29, 0.717) is 12.6 Å². The predicted octanol–water partition coefficient (Wildman–Crippen LogP) is 1.14. The summed E-state index contributed by atoms with van der Waals surface area (Å²) in [7, 11) is 0. The van der Waals surface area contributed by atoms with Gasteiger partial charge in [0.25, 0.3) is 0 Å². The van der Waals surface area contributed by atoms with Crippen LogP contribution < -0.4 is 10.5 Å². The van der Waals surface area contributed by atoms with Crippen LogP contribution in [-0.4, -0.2) is 16.1 Å². The Morgan fingerprint density at radius 1 is 1.54 bits per heavy atom. The summed E-state index contributed by atoms with van der Waals surface area (Å²) in [5, 5.41) is 0. The number of ether oxygens (including phenoxy) is 1. The van der Waals surface area contributed by atoms with Crippen LogP contribution in [0, 0.1) is 0 Å². The van der Waals surface area contributed by atoms with Gasteiger partial charge >= 0.3 is 6.01 Å². The van der Waals surface area contributed by atoms with Gasteiger partial charge in [-0.1, -0.05) is 0 Å². The fraction of sp³-hybridized carbons (Fsp3) is 0.500. The zero-order valence-electron chi connectivity index (χ0n) is 7.73. The van der Waals surface area contributed by atoms with Crippen molar-refractivity contribution in [2.24, 2.45) is 5.73 Å². The summed E-state index contributed by atoms with van der Waals surface area (Å²) in [6, 6.07) is 2.17. The number of rotatable bonds is 3. The molecule has 0 saturated carbocycles. The number of hydrogen-bond donors (Lipinski definition) is 1. The highest BCUT2D eigenvalue weighted by Gasteiger charge is 2.00. The number of aromatic nitrogens is 2. The van der Waals surface area contributed by atoms with Crippen LogP contribution in [0.1, 0.15) is 19.5 Å². The van der Waals surface area contributed by atoms with E-state index in [2.05, 4.69) is 9.97 Å². The summed E-state index contributed by atoms with van der Waals surface area (Å²) < 4.78 is 5.28. The molecule has 0 amide bonds. The first-order valence-corrected chi connectivity index (χ1v) is 3.91. The molecule has 0 aliphatic heterocycles. The Morgan fingerprint density at radius 2 is 2.23 bits per heavy atom. The highest BCUT2D eigenvalue weighted by atomic mass is 35.5. The van der Waals surface area contributed by atoms with Crippen molar-refractivity contribution < 1.29 is 4.74 Å². The lowest BCUT2D eigenvalue weighted by Gasteiger charge is -2.07. The van der Waals surface area contributed by atoms with Crippen molar-refractivity contribution in [1.82, 2.24) is 9.97 Å². The molecule has 1 rings (SSSR count). The molecule has 0 bridgehead atoms. The predicted molar refractivity (Wildman–Crippen MR) is 52.9 cm³/mol. The van der Waals surface area contributed by atoms with E-state index < -0.39 is 0 Å². The molecule has 0 unspecified atom stereocenters. The first-order valence-electron chi connectivity index (χ1n) is 3.91. The number of halogens is 1. The van der Waals surface area contributed by atoms with Gasteiger partial charge in [0, 0.05) is 12.7 Å². The highest BCUT2D eigenvalue weighted by molar-refractivity contribution is 5.85. The SMILES string of the molecule is CC(C)Oc1nccc(CN)n1.Cl. The van der Waals surface area contributed by atoms with Gasteiger partial charge < -0.3 is 10.5 Å². The van der Waals surface area contributed by atoms with Gasteiger partial charge in [0.2, 0.25) is 0 Å². The van der Waals surface area contributed by atoms with E-state index in [4.69, 9.17) is 10.5 Å². The number of nitrogens with zero attached hydrogens (tertiary/aromatic N) is 2. The van der Waals surface area contributed by atoms with E-state index in [-0.39, 0.29) is 18.5 Å². The molecule has 1 heterocycles. The summed E-state index contributed by atoms with van der Waals surface area (Å²) >= 11 is 0. The van der Waals surface area contributed by atoms with E-state index in [1.54, 1.807) is 12.3 Å². The van der Waals surface area contributed by atoms with Gasteiger partial charge in [-0.3, -0.25) is 0 Å². The van der Waals surface area contributed by atoms with E-state index >= 15 is 0 Å². The van der Waals surface area contributed by atoms with Crippen LogP contribution in [0.5, 0.6) is 6.01 Å². The molecule has 0 radical (unpaired) electrons. The third-order valence-corrected chi connectivity index (χ3v) is 1.24. The van der Waals surface area contributed by atoms with Crippen molar-refractivity contribution in [2.45, 2.75) is 26.5 Å². The molecule has 13 heavy (non-hydrogen) atoms. The Bertz CT molecular complexity index is 255. The van der Waals surface area contributed by atoms with Crippen LogP contribution in [0.4, 0.5) is 0 Å². The molecule has 2 N–H and O–H groups in total. The quantitative estimate of drug-likeness (QED) is 0.801. The van der Waals surface area contributed by atoms with Crippen molar-refractivity contribution in [3.63, 3.8) is 0 Å². The van der Waals surface area contributed by atoms with E-state index in [0.717, 1.165) is 5.69 Å². The molecular weight excluding hydrogens is 190 g/mol. The van der Waals surface area contributed by atoms with E-state index in [9.17, 15) is 0 Å². The molecule has 1 aromatic heterocycles. The van der Waals surface area contributed by atoms with Crippen molar-refractivity contribution >= 4 is 12.4 Å². The molecule has 0 aromatic carbocycles. The molecular formula is C8H14ClN3O. The number of hydrogen-bond acceptors (Lipinski definition) is 4. The highest BCUT2D eigenvalue weighted by Crippen LogP contribution is 2.04. The van der Waals surface area contributed by atoms with Crippen LogP contribution in [0.3, 0.4) is 0 Å². The second-order valence-electron chi connectivity index (χ2n) is 2.70. The normalized spacial score (nSPS) is 9.54. The third kappa shape index (κ3) is 4.05. The summed E-state index contributed by atoms with van der Waals surface area (Å²) in [6.45, 7) is 4.27. The molecule has 74 valence electrons. The Balaban J connectivity index is 0.00000144. The fourth-order valence-corrected chi connectivity index (χ4v) is 0.757. The zero-order valence-corrected chi connectivity index (χ0v) is 8.54. The Morgan fingerprint density at radius 3 is 2.77 bits per heavy atom. The van der Waals surface area contributed by atoms with Crippen LogP contribution in [0.2, 0.25) is 0 Å². The van der Waals surface area contributed by atoms with Crippen LogP contribution in [0.25, 0.3) is 0 Å². The van der Waals surface area contributed by atoms with Gasteiger partial charge in [-0.25, -0.2) is 4.98 Å². The van der Waals surface area contributed by atoms with E-state index in [1.807, 2.05) is 13.8 Å². The lowest BCUT2D eigenvalue weighted by molar-refractivity contribution is 0.221. The van der Waals surface area contributed by atoms with Crippen molar-refractivity contribution in [3.05, 3.63) is 18.0 Å². The smallest absolute Gasteiger partial charge is 0.316 e. The second kappa shape index (κ2) is 5.72. The second-order valence-corrected chi connectivity index (χ2v) is 2.70. The number of nitrogens with two attached hydrogens (primary N) is 1. The van der Waals surface area contributed by atoms with Crippen LogP contribution >= 0.6 is 12.4 Å². The third-order valence-electron chi connectivity index (χ3n) is 1.24. The molecule has 0 saturated heterocycles. The van der Waals surface area contributed by atoms with Crippen molar-refractivity contribution in [3.8, 4) is 6.01 Å². The fourth-order valence-electron chi connectivity index (χ4n) is 0.757. The molecule has 4 nitrogen and oxygen atoms in total. The first kappa shape index (κ1) is 12.1. The largest absolute Gasteiger partial charge is 0.461 e. The minimum atomic E-state index is 0. The molecule has 0 atom stereocenters. The molecule has 0 fully saturated rings. The maximum atomic E-state index is 5.40. The summed E-state index contributed by atoms with van der Waals surface area (Å²) in [4.78, 5) is 8.01. The van der Waals surface area contributed by atoms with Gasteiger partial charge in [0.05, 0.1) is 11.8 Å². The van der Waals surface area contributed by atoms with Crippen molar-refractivity contribution in [2.75, 3.05) is 0 Å². The minimum Gasteiger partial charge on any atom is -0.461 e. The molecule has 5 heteroatoms. The zero-order chi connectivity index (χ0) is 8.97. The molecule has 0 aliphatic carbocycles. The van der Waals surface area contributed by atoms with Gasteiger partial charge in [0.1, 0.15) is 0 Å². The Kier molecular flexibility index (Phi) is 5.34. The Labute approximate surface area is 83.9 Å². The summed E-state index contributed by atoms with van der Waals surface area (Å²) in [6.07, 6.45) is 1.74. The average molecular weight is 204 g/mol. The van der Waals surface area contributed by atoms with Gasteiger partial charge in [-0.15, -0.1) is 12.4 Å². The maximum absolute atomic E-state index is 5.40. The summed E-state index contributed by atoms with van der Waals surface area (Å²) in [5.74, 6) is 0. The Hall–Kier alpha value is -0.870. The average Bonchev–Trinajstić information content (AvgIpc) is 2.03. The van der Waals surface area contributed by atoms with Crippen LogP contribution in [-0.2, 0) is 6.54 Å². The summed E-state index contributed by atoms with van der Waals surface area (Å²) in [5.41, 5.74) is 6.20. The lowest BCUT2D eigenvalue weighted by Crippen LogP contribution is -2.10. The maximum Gasteiger partial charge on any atom is 0.316 e. The van der Waals surface area contributed by atoms with E-state index in [1.165, 1.54) is 0 Å². The van der Waals surface area contributed by atoms with Gasteiger partial charge in [0.15, 0.2) is 0 Å².